The molecule has 3 aromatic rings. The van der Waals surface area contributed by atoms with Crippen molar-refractivity contribution in [2.75, 3.05) is 37.6 Å². The first-order valence-corrected chi connectivity index (χ1v) is 11.6. The molecule has 5 nitrogen and oxygen atoms in total. The zero-order valence-corrected chi connectivity index (χ0v) is 18.5. The lowest BCUT2D eigenvalue weighted by atomic mass is 9.94. The molecule has 1 saturated heterocycles. The number of carbonyl (C=O) groups is 1. The molecule has 0 bridgehead atoms. The van der Waals surface area contributed by atoms with E-state index in [2.05, 4.69) is 15.1 Å². The minimum absolute atomic E-state index is 0.0523. The summed E-state index contributed by atoms with van der Waals surface area (Å²) in [5.41, 5.74) is 3.04. The minimum Gasteiger partial charge on any atom is -0.457 e. The van der Waals surface area contributed by atoms with Gasteiger partial charge in [-0.05, 0) is 49.4 Å². The first-order chi connectivity index (χ1) is 16.2. The summed E-state index contributed by atoms with van der Waals surface area (Å²) in [6.07, 6.45) is 1.30. The number of hydrogen-bond acceptors (Lipinski definition) is 4. The third-order valence-electron chi connectivity index (χ3n) is 6.43. The molecule has 0 saturated carbocycles. The highest BCUT2D eigenvalue weighted by Crippen LogP contribution is 2.42. The van der Waals surface area contributed by atoms with Crippen LogP contribution >= 0.6 is 0 Å². The number of ether oxygens (including phenoxy) is 1. The number of rotatable bonds is 6. The second-order valence-corrected chi connectivity index (χ2v) is 8.59. The Morgan fingerprint density at radius 3 is 2.12 bits per heavy atom. The van der Waals surface area contributed by atoms with Crippen LogP contribution in [-0.2, 0) is 4.79 Å². The van der Waals surface area contributed by atoms with Crippen LogP contribution in [0.5, 0.6) is 11.5 Å². The van der Waals surface area contributed by atoms with Crippen molar-refractivity contribution in [3.63, 3.8) is 0 Å². The maximum absolute atomic E-state index is 13.1. The predicted molar refractivity (Wildman–Crippen MR) is 127 cm³/mol. The molecule has 0 aliphatic carbocycles. The van der Waals surface area contributed by atoms with E-state index in [1.165, 1.54) is 12.1 Å². The SMILES string of the molecule is O=C(CCCN1CCN(c2ccc(F)cc2)CC1)NC1c2ccccc2Oc2ccccc21. The van der Waals surface area contributed by atoms with E-state index in [4.69, 9.17) is 4.74 Å². The van der Waals surface area contributed by atoms with Crippen molar-refractivity contribution < 1.29 is 13.9 Å². The van der Waals surface area contributed by atoms with Crippen LogP contribution in [0.4, 0.5) is 10.1 Å². The number of nitrogens with zero attached hydrogens (tertiary/aromatic N) is 2. The number of fused-ring (bicyclic) bond motifs is 2. The number of benzene rings is 3. The quantitative estimate of drug-likeness (QED) is 0.595. The van der Waals surface area contributed by atoms with Crippen LogP contribution in [0.25, 0.3) is 0 Å². The van der Waals surface area contributed by atoms with E-state index in [1.54, 1.807) is 0 Å². The molecular formula is C27H28FN3O2. The molecule has 0 aromatic heterocycles. The molecule has 6 heteroatoms. The van der Waals surface area contributed by atoms with Gasteiger partial charge in [0.1, 0.15) is 17.3 Å². The van der Waals surface area contributed by atoms with Crippen molar-refractivity contribution >= 4 is 11.6 Å². The maximum Gasteiger partial charge on any atom is 0.220 e. The standard InChI is InChI=1S/C27H28FN3O2/c28-20-11-13-21(14-12-20)31-18-16-30(17-19-31)15-5-10-26(32)29-27-22-6-1-3-8-24(22)33-25-9-4-2-7-23(25)27/h1-4,6-9,11-14,27H,5,10,15-19H2,(H,29,32). The molecule has 33 heavy (non-hydrogen) atoms. The van der Waals surface area contributed by atoms with E-state index < -0.39 is 0 Å². The highest BCUT2D eigenvalue weighted by atomic mass is 19.1. The summed E-state index contributed by atoms with van der Waals surface area (Å²) in [6.45, 7) is 4.60. The zero-order valence-electron chi connectivity index (χ0n) is 18.5. The third-order valence-corrected chi connectivity index (χ3v) is 6.43. The Balaban J connectivity index is 1.12. The van der Waals surface area contributed by atoms with Gasteiger partial charge in [0.25, 0.3) is 0 Å². The molecule has 1 N–H and O–H groups in total. The molecule has 2 heterocycles. The van der Waals surface area contributed by atoms with Crippen LogP contribution < -0.4 is 15.0 Å². The van der Waals surface area contributed by atoms with Crippen LogP contribution in [0.15, 0.2) is 72.8 Å². The van der Waals surface area contributed by atoms with Gasteiger partial charge in [-0.25, -0.2) is 4.39 Å². The number of hydrogen-bond donors (Lipinski definition) is 1. The van der Waals surface area contributed by atoms with Gasteiger partial charge in [0, 0.05) is 49.4 Å². The van der Waals surface area contributed by atoms with E-state index in [0.717, 1.165) is 67.5 Å². The Labute approximate surface area is 193 Å². The molecule has 5 rings (SSSR count). The first-order valence-electron chi connectivity index (χ1n) is 11.6. The average molecular weight is 446 g/mol. The fourth-order valence-electron chi connectivity index (χ4n) is 4.64. The molecule has 0 atom stereocenters. The second kappa shape index (κ2) is 9.63. The van der Waals surface area contributed by atoms with Crippen molar-refractivity contribution in [2.24, 2.45) is 0 Å². The van der Waals surface area contributed by atoms with Crippen LogP contribution in [0, 0.1) is 5.82 Å². The predicted octanol–water partition coefficient (Wildman–Crippen LogP) is 4.74. The highest BCUT2D eigenvalue weighted by molar-refractivity contribution is 5.77. The fourth-order valence-corrected chi connectivity index (χ4v) is 4.64. The normalized spacial score (nSPS) is 16.0. The molecule has 170 valence electrons. The van der Waals surface area contributed by atoms with Gasteiger partial charge in [-0.2, -0.15) is 0 Å². The van der Waals surface area contributed by atoms with Gasteiger partial charge in [-0.3, -0.25) is 9.69 Å². The number of halogens is 1. The molecule has 0 radical (unpaired) electrons. The van der Waals surface area contributed by atoms with E-state index >= 15 is 0 Å². The molecule has 0 unspecified atom stereocenters. The minimum atomic E-state index is -0.205. The Morgan fingerprint density at radius 1 is 0.879 bits per heavy atom. The fraction of sp³-hybridized carbons (Fsp3) is 0.296. The zero-order chi connectivity index (χ0) is 22.6. The summed E-state index contributed by atoms with van der Waals surface area (Å²) in [7, 11) is 0. The van der Waals surface area contributed by atoms with Gasteiger partial charge in [-0.1, -0.05) is 36.4 Å². The van der Waals surface area contributed by atoms with Gasteiger partial charge >= 0.3 is 0 Å². The lowest BCUT2D eigenvalue weighted by molar-refractivity contribution is -0.121. The van der Waals surface area contributed by atoms with Gasteiger partial charge in [0.2, 0.25) is 5.91 Å². The highest BCUT2D eigenvalue weighted by Gasteiger charge is 2.28. The molecule has 2 aliphatic heterocycles. The number of para-hydroxylation sites is 2. The number of piperazine rings is 1. The van der Waals surface area contributed by atoms with Crippen molar-refractivity contribution in [1.82, 2.24) is 10.2 Å². The Hall–Kier alpha value is -3.38. The Morgan fingerprint density at radius 2 is 1.48 bits per heavy atom. The molecule has 1 fully saturated rings. The molecule has 3 aromatic carbocycles. The van der Waals surface area contributed by atoms with E-state index in [0.29, 0.717) is 6.42 Å². The lowest BCUT2D eigenvalue weighted by Crippen LogP contribution is -2.46. The van der Waals surface area contributed by atoms with Crippen LogP contribution in [0.2, 0.25) is 0 Å². The molecular weight excluding hydrogens is 417 g/mol. The lowest BCUT2D eigenvalue weighted by Gasteiger charge is -2.36. The van der Waals surface area contributed by atoms with Crippen LogP contribution in [-0.4, -0.2) is 43.5 Å². The molecule has 0 spiro atoms. The van der Waals surface area contributed by atoms with Crippen LogP contribution in [0.3, 0.4) is 0 Å². The second-order valence-electron chi connectivity index (χ2n) is 8.59. The number of carbonyl (C=O) groups excluding carboxylic acids is 1. The Bertz CT molecular complexity index is 1060. The van der Waals surface area contributed by atoms with Crippen molar-refractivity contribution in [2.45, 2.75) is 18.9 Å². The largest absolute Gasteiger partial charge is 0.457 e. The third kappa shape index (κ3) is 4.86. The van der Waals surface area contributed by atoms with Crippen LogP contribution in [0.1, 0.15) is 30.0 Å². The van der Waals surface area contributed by atoms with Crippen molar-refractivity contribution in [3.05, 3.63) is 89.7 Å². The van der Waals surface area contributed by atoms with Gasteiger partial charge in [0.05, 0.1) is 6.04 Å². The maximum atomic E-state index is 13.1. The first kappa shape index (κ1) is 21.5. The smallest absolute Gasteiger partial charge is 0.220 e. The number of nitrogens with one attached hydrogen (secondary N) is 1. The Kier molecular flexibility index (Phi) is 6.26. The molecule has 2 aliphatic rings. The summed E-state index contributed by atoms with van der Waals surface area (Å²) in [4.78, 5) is 17.5. The van der Waals surface area contributed by atoms with Gasteiger partial charge < -0.3 is 15.0 Å². The topological polar surface area (TPSA) is 44.8 Å². The monoisotopic (exact) mass is 445 g/mol. The summed E-state index contributed by atoms with van der Waals surface area (Å²) in [5.74, 6) is 1.43. The van der Waals surface area contributed by atoms with E-state index in [-0.39, 0.29) is 17.8 Å². The number of anilines is 1. The molecule has 1 amide bonds. The summed E-state index contributed by atoms with van der Waals surface area (Å²) in [5, 5.41) is 3.23. The van der Waals surface area contributed by atoms with Crippen molar-refractivity contribution in [1.29, 1.82) is 0 Å². The summed E-state index contributed by atoms with van der Waals surface area (Å²) >= 11 is 0. The summed E-state index contributed by atoms with van der Waals surface area (Å²) < 4.78 is 19.2. The average Bonchev–Trinajstić information content (AvgIpc) is 2.85. The van der Waals surface area contributed by atoms with Gasteiger partial charge in [0.15, 0.2) is 0 Å². The van der Waals surface area contributed by atoms with E-state index in [9.17, 15) is 9.18 Å². The summed E-state index contributed by atoms with van der Waals surface area (Å²) in [6, 6.07) is 22.2. The van der Waals surface area contributed by atoms with Gasteiger partial charge in [-0.15, -0.1) is 0 Å². The van der Waals surface area contributed by atoms with E-state index in [1.807, 2.05) is 60.7 Å². The number of amides is 1. The van der Waals surface area contributed by atoms with Crippen molar-refractivity contribution in [3.8, 4) is 11.5 Å².